The number of nitrogens with zero attached hydrogens (tertiary/aromatic N) is 4. The molecule has 0 saturated carbocycles. The van der Waals surface area contributed by atoms with Gasteiger partial charge in [-0.2, -0.15) is 13.2 Å². The SMILES string of the molecule is Fc1cccc(CC2=[N+]=C(N3CCN(c4ccc(C(F)(F)F)cn4)CC3)C3=C2CCC3)c1. The summed E-state index contributed by atoms with van der Waals surface area (Å²) in [6, 6.07) is 9.18. The number of hydrogen-bond donors (Lipinski definition) is 0. The summed E-state index contributed by atoms with van der Waals surface area (Å²) in [5.41, 5.74) is 3.82. The number of amidine groups is 1. The van der Waals surface area contributed by atoms with Crippen molar-refractivity contribution in [1.82, 2.24) is 14.6 Å². The summed E-state index contributed by atoms with van der Waals surface area (Å²) in [5.74, 6) is 1.34. The molecule has 0 atom stereocenters. The molecule has 0 bridgehead atoms. The van der Waals surface area contributed by atoms with Crippen molar-refractivity contribution in [3.63, 3.8) is 0 Å². The van der Waals surface area contributed by atoms with Gasteiger partial charge in [-0.3, -0.25) is 0 Å². The van der Waals surface area contributed by atoms with Gasteiger partial charge in [0.1, 0.15) is 24.7 Å². The molecule has 32 heavy (non-hydrogen) atoms. The quantitative estimate of drug-likeness (QED) is 0.531. The first-order valence-electron chi connectivity index (χ1n) is 10.8. The number of allylic oxidation sites excluding steroid dienone is 1. The van der Waals surface area contributed by atoms with E-state index in [0.717, 1.165) is 61.7 Å². The second kappa shape index (κ2) is 8.10. The lowest BCUT2D eigenvalue weighted by Crippen LogP contribution is -2.49. The highest BCUT2D eigenvalue weighted by molar-refractivity contribution is 6.17. The highest BCUT2D eigenvalue weighted by Gasteiger charge is 2.40. The van der Waals surface area contributed by atoms with Crippen molar-refractivity contribution in [2.75, 3.05) is 31.1 Å². The number of hydrogen-bond acceptors (Lipinski definition) is 3. The minimum absolute atomic E-state index is 0.237. The van der Waals surface area contributed by atoms with Crippen molar-refractivity contribution in [1.29, 1.82) is 0 Å². The van der Waals surface area contributed by atoms with Gasteiger partial charge in [0.2, 0.25) is 5.71 Å². The summed E-state index contributed by atoms with van der Waals surface area (Å²) in [6.07, 6.45) is 0.245. The standard InChI is InChI=1S/C24H23F4N4/c25-18-4-1-3-16(13-18)14-21-19-5-2-6-20(19)23(30-21)32-11-9-31(10-12-32)22-8-7-17(15-29-22)24(26,27)28/h1,3-4,7-8,13,15H,2,5-6,9-12,14H2/q+1. The van der Waals surface area contributed by atoms with Crippen LogP contribution in [0.2, 0.25) is 0 Å². The molecule has 1 aromatic heterocycles. The molecule has 1 aromatic carbocycles. The number of aromatic nitrogens is 1. The summed E-state index contributed by atoms with van der Waals surface area (Å²) in [4.78, 5) is 8.29. The monoisotopic (exact) mass is 443 g/mol. The first-order valence-corrected chi connectivity index (χ1v) is 10.8. The van der Waals surface area contributed by atoms with Gasteiger partial charge < -0.3 is 4.90 Å². The minimum atomic E-state index is -4.38. The lowest BCUT2D eigenvalue weighted by molar-refractivity contribution is -0.137. The van der Waals surface area contributed by atoms with Crippen molar-refractivity contribution in [3.8, 4) is 0 Å². The molecule has 0 radical (unpaired) electrons. The molecule has 1 fully saturated rings. The Morgan fingerprint density at radius 2 is 1.69 bits per heavy atom. The number of alkyl halides is 3. The maximum atomic E-state index is 13.6. The average Bonchev–Trinajstić information content (AvgIpc) is 3.38. The molecule has 1 aliphatic carbocycles. The van der Waals surface area contributed by atoms with E-state index in [1.54, 1.807) is 12.1 Å². The Hall–Kier alpha value is -3.12. The molecule has 0 unspecified atom stereocenters. The number of pyridine rings is 1. The first kappa shape index (κ1) is 20.8. The van der Waals surface area contributed by atoms with E-state index in [4.69, 9.17) is 4.67 Å². The molecule has 8 heteroatoms. The van der Waals surface area contributed by atoms with Crippen LogP contribution in [0.4, 0.5) is 23.4 Å². The predicted molar refractivity (Wildman–Crippen MR) is 116 cm³/mol. The van der Waals surface area contributed by atoms with E-state index in [2.05, 4.69) is 9.88 Å². The molecule has 1 saturated heterocycles. The summed E-state index contributed by atoms with van der Waals surface area (Å²) < 4.78 is 56.9. The highest BCUT2D eigenvalue weighted by Crippen LogP contribution is 2.32. The molecule has 2 aromatic rings. The Bertz CT molecular complexity index is 1120. The molecular formula is C24H23F4N4+. The van der Waals surface area contributed by atoms with Gasteiger partial charge in [-0.05, 0) is 49.1 Å². The van der Waals surface area contributed by atoms with Gasteiger partial charge in [-0.15, -0.1) is 0 Å². The van der Waals surface area contributed by atoms with Gasteiger partial charge in [0.05, 0.1) is 30.6 Å². The van der Waals surface area contributed by atoms with Crippen LogP contribution in [0.3, 0.4) is 0 Å². The molecule has 3 heterocycles. The molecule has 0 spiro atoms. The third kappa shape index (κ3) is 4.02. The van der Waals surface area contributed by atoms with Gasteiger partial charge in [0.15, 0.2) is 0 Å². The molecule has 0 N–H and O–H groups in total. The number of rotatable bonds is 3. The zero-order valence-corrected chi connectivity index (χ0v) is 17.5. The normalized spacial score (nSPS) is 18.8. The Balaban J connectivity index is 1.30. The van der Waals surface area contributed by atoms with Crippen molar-refractivity contribution >= 4 is 17.4 Å². The average molecular weight is 443 g/mol. The van der Waals surface area contributed by atoms with Crippen LogP contribution in [0.5, 0.6) is 0 Å². The van der Waals surface area contributed by atoms with Crippen LogP contribution in [0.25, 0.3) is 0 Å². The van der Waals surface area contributed by atoms with Crippen LogP contribution >= 0.6 is 0 Å². The van der Waals surface area contributed by atoms with Crippen molar-refractivity contribution < 1.29 is 17.6 Å². The summed E-state index contributed by atoms with van der Waals surface area (Å²) in [6.45, 7) is 2.79. The van der Waals surface area contributed by atoms with Crippen LogP contribution in [0.15, 0.2) is 53.7 Å². The van der Waals surface area contributed by atoms with Crippen LogP contribution in [-0.2, 0) is 12.6 Å². The number of anilines is 1. The molecule has 166 valence electrons. The van der Waals surface area contributed by atoms with Crippen LogP contribution < -0.4 is 9.57 Å². The third-order valence-corrected chi connectivity index (χ3v) is 6.32. The molecule has 0 amide bonds. The van der Waals surface area contributed by atoms with Crippen LogP contribution in [0, 0.1) is 5.82 Å². The number of piperazine rings is 1. The van der Waals surface area contributed by atoms with Gasteiger partial charge in [-0.1, -0.05) is 12.1 Å². The summed E-state index contributed by atoms with van der Waals surface area (Å²) in [5, 5.41) is 0. The Morgan fingerprint density at radius 3 is 2.38 bits per heavy atom. The fraction of sp³-hybridized carbons (Fsp3) is 0.375. The summed E-state index contributed by atoms with van der Waals surface area (Å²) >= 11 is 0. The van der Waals surface area contributed by atoms with Gasteiger partial charge in [0, 0.05) is 11.8 Å². The fourth-order valence-electron chi connectivity index (χ4n) is 4.71. The predicted octanol–water partition coefficient (Wildman–Crippen LogP) is 4.01. The second-order valence-electron chi connectivity index (χ2n) is 8.38. The highest BCUT2D eigenvalue weighted by atomic mass is 19.4. The maximum absolute atomic E-state index is 13.6. The number of halogens is 4. The Labute approximate surface area is 183 Å². The Kier molecular flexibility index (Phi) is 5.25. The van der Waals surface area contributed by atoms with Gasteiger partial charge in [-0.25, -0.2) is 18.9 Å². The van der Waals surface area contributed by atoms with Crippen molar-refractivity contribution in [3.05, 3.63) is 70.7 Å². The molecule has 4 nitrogen and oxygen atoms in total. The first-order chi connectivity index (χ1) is 15.4. The largest absolute Gasteiger partial charge is 0.417 e. The van der Waals surface area contributed by atoms with Gasteiger partial charge in [0.25, 0.3) is 0 Å². The lowest BCUT2D eigenvalue weighted by Gasteiger charge is -2.31. The number of benzene rings is 1. The zero-order chi connectivity index (χ0) is 22.3. The van der Waals surface area contributed by atoms with E-state index < -0.39 is 11.7 Å². The van der Waals surface area contributed by atoms with Crippen molar-refractivity contribution in [2.24, 2.45) is 0 Å². The third-order valence-electron chi connectivity index (χ3n) is 6.32. The zero-order valence-electron chi connectivity index (χ0n) is 17.5. The molecule has 5 rings (SSSR count). The van der Waals surface area contributed by atoms with E-state index in [-0.39, 0.29) is 5.82 Å². The van der Waals surface area contributed by atoms with E-state index in [9.17, 15) is 17.6 Å². The van der Waals surface area contributed by atoms with E-state index in [1.165, 1.54) is 23.3 Å². The van der Waals surface area contributed by atoms with Crippen LogP contribution in [-0.4, -0.2) is 47.6 Å². The molecule has 3 aliphatic rings. The molecule has 2 aliphatic heterocycles. The van der Waals surface area contributed by atoms with E-state index in [1.807, 2.05) is 11.0 Å². The van der Waals surface area contributed by atoms with E-state index in [0.29, 0.717) is 25.3 Å². The Morgan fingerprint density at radius 1 is 0.938 bits per heavy atom. The lowest BCUT2D eigenvalue weighted by atomic mass is 10.0. The topological polar surface area (TPSA) is 33.5 Å². The van der Waals surface area contributed by atoms with E-state index >= 15 is 0 Å². The minimum Gasteiger partial charge on any atom is -0.349 e. The smallest absolute Gasteiger partial charge is 0.349 e. The maximum Gasteiger partial charge on any atom is 0.417 e. The summed E-state index contributed by atoms with van der Waals surface area (Å²) in [7, 11) is 0. The molecular weight excluding hydrogens is 420 g/mol. The van der Waals surface area contributed by atoms with Gasteiger partial charge >= 0.3 is 12.0 Å². The second-order valence-corrected chi connectivity index (χ2v) is 8.38. The fourth-order valence-corrected chi connectivity index (χ4v) is 4.71. The van der Waals surface area contributed by atoms with Crippen molar-refractivity contribution in [2.45, 2.75) is 31.9 Å². The van der Waals surface area contributed by atoms with Crippen LogP contribution in [0.1, 0.15) is 30.4 Å².